The van der Waals surface area contributed by atoms with E-state index in [0.29, 0.717) is 12.1 Å². The van der Waals surface area contributed by atoms with E-state index in [2.05, 4.69) is 36.9 Å². The van der Waals surface area contributed by atoms with Gasteiger partial charge in [0.25, 0.3) is 0 Å². The average molecular weight is 657 g/mol. The summed E-state index contributed by atoms with van der Waals surface area (Å²) in [5, 5.41) is 28.0. The molecule has 0 fully saturated rings. The quantitative estimate of drug-likeness (QED) is 0.0793. The Morgan fingerprint density at radius 3 is 1.86 bits per heavy atom. The Kier molecular flexibility index (Phi) is 12.9. The van der Waals surface area contributed by atoms with Gasteiger partial charge in [-0.25, -0.2) is 27.2 Å². The van der Waals surface area contributed by atoms with E-state index < -0.39 is 58.1 Å². The first-order chi connectivity index (χ1) is 17.2. The summed E-state index contributed by atoms with van der Waals surface area (Å²) in [6.45, 7) is 4.99. The zero-order chi connectivity index (χ0) is 28.4. The summed E-state index contributed by atoms with van der Waals surface area (Å²) in [5.74, 6) is -6.89. The number of esters is 1. The number of hydrogen-bond acceptors (Lipinski definition) is 6. The van der Waals surface area contributed by atoms with Crippen LogP contribution in [-0.4, -0.2) is 52.7 Å². The molecule has 0 aromatic heterocycles. The highest BCUT2D eigenvalue weighted by Crippen LogP contribution is 2.26. The average Bonchev–Trinajstić information content (AvgIpc) is 2.81. The molecule has 7 nitrogen and oxygen atoms in total. The van der Waals surface area contributed by atoms with Crippen LogP contribution in [0, 0.1) is 29.2 Å². The molecule has 2 aromatic carbocycles. The molecule has 0 spiro atoms. The fourth-order valence-corrected chi connectivity index (χ4v) is 3.24. The van der Waals surface area contributed by atoms with Gasteiger partial charge in [-0.05, 0) is 56.8 Å². The Bertz CT molecular complexity index is 1200. The molecule has 202 valence electrons. The standard InChI is InChI=1S/C17H20BrF2NO4.C7H3BrF2O2/c1-4-25-17(24)11(7-21-15(8-22)9(2)3)16(23)10-5-12(18)14(20)6-13(10)19;8-4-1-3(7(11)12)5(9)2-6(4)10/h5-7,9,15,22-23H,4,8H2,1-3H3;1-2H,(H,11,12)/t15-;/m0./s1. The largest absolute Gasteiger partial charge is 0.506 e. The van der Waals surface area contributed by atoms with Gasteiger partial charge in [0.1, 0.15) is 34.6 Å². The van der Waals surface area contributed by atoms with Crippen LogP contribution in [0.1, 0.15) is 36.7 Å². The first-order valence-corrected chi connectivity index (χ1v) is 12.1. The van der Waals surface area contributed by atoms with Gasteiger partial charge in [0, 0.05) is 18.3 Å². The fourth-order valence-electron chi connectivity index (χ4n) is 2.56. The minimum absolute atomic E-state index is 0.0245. The molecule has 0 aliphatic heterocycles. The molecule has 2 rings (SSSR count). The molecule has 1 atom stereocenters. The van der Waals surface area contributed by atoms with Crippen LogP contribution in [0.25, 0.3) is 5.76 Å². The highest BCUT2D eigenvalue weighted by Gasteiger charge is 2.21. The number of carboxylic acids is 1. The lowest BCUT2D eigenvalue weighted by Gasteiger charge is -2.13. The summed E-state index contributed by atoms with van der Waals surface area (Å²) < 4.78 is 57.2. The monoisotopic (exact) mass is 655 g/mol. The molecule has 0 aliphatic rings. The van der Waals surface area contributed by atoms with Crippen LogP contribution < -0.4 is 0 Å². The lowest BCUT2D eigenvalue weighted by atomic mass is 10.1. The number of benzene rings is 2. The summed E-state index contributed by atoms with van der Waals surface area (Å²) in [6.07, 6.45) is 1.03. The van der Waals surface area contributed by atoms with E-state index in [1.54, 1.807) is 6.92 Å². The van der Waals surface area contributed by atoms with E-state index in [1.807, 2.05) is 13.8 Å². The van der Waals surface area contributed by atoms with Crippen LogP contribution in [-0.2, 0) is 9.53 Å². The third-order valence-electron chi connectivity index (χ3n) is 4.61. The van der Waals surface area contributed by atoms with Crippen LogP contribution in [0.15, 0.2) is 43.8 Å². The molecule has 2 aromatic rings. The number of hydrogen-bond donors (Lipinski definition) is 3. The molecule has 0 heterocycles. The molecule has 13 heteroatoms. The van der Waals surface area contributed by atoms with Crippen LogP contribution >= 0.6 is 31.9 Å². The number of aromatic carboxylic acids is 1. The number of rotatable bonds is 8. The molecule has 37 heavy (non-hydrogen) atoms. The fraction of sp³-hybridized carbons (Fsp3) is 0.292. The molecule has 0 unspecified atom stereocenters. The zero-order valence-electron chi connectivity index (χ0n) is 19.7. The van der Waals surface area contributed by atoms with E-state index in [1.165, 1.54) is 0 Å². The summed E-state index contributed by atoms with van der Waals surface area (Å²) in [4.78, 5) is 26.5. The molecule has 0 saturated carbocycles. The first-order valence-electron chi connectivity index (χ1n) is 10.5. The van der Waals surface area contributed by atoms with Crippen molar-refractivity contribution in [2.24, 2.45) is 10.9 Å². The van der Waals surface area contributed by atoms with Crippen molar-refractivity contribution < 1.29 is 47.2 Å². The highest BCUT2D eigenvalue weighted by atomic mass is 79.9. The number of carbonyl (C=O) groups excluding carboxylic acids is 1. The van der Waals surface area contributed by atoms with Crippen molar-refractivity contribution in [1.82, 2.24) is 0 Å². The predicted octanol–water partition coefficient (Wildman–Crippen LogP) is 6.07. The van der Waals surface area contributed by atoms with Crippen LogP contribution in [0.3, 0.4) is 0 Å². The number of aliphatic hydroxyl groups is 2. The molecule has 3 N–H and O–H groups in total. The molecule has 0 radical (unpaired) electrons. The van der Waals surface area contributed by atoms with Crippen molar-refractivity contribution in [2.75, 3.05) is 13.2 Å². The van der Waals surface area contributed by atoms with Gasteiger partial charge < -0.3 is 20.1 Å². The maximum atomic E-state index is 14.0. The SMILES string of the molecule is CCOC(=O)C(C=N[C@@H](CO)C(C)C)=C(O)c1cc(Br)c(F)cc1F.O=C(O)c1cc(Br)c(F)cc1F. The van der Waals surface area contributed by atoms with Crippen LogP contribution in [0.2, 0.25) is 0 Å². The molecule has 0 bridgehead atoms. The van der Waals surface area contributed by atoms with Crippen molar-refractivity contribution in [1.29, 1.82) is 0 Å². The van der Waals surface area contributed by atoms with E-state index in [-0.39, 0.29) is 33.6 Å². The second-order valence-electron chi connectivity index (χ2n) is 7.55. The Hall–Kier alpha value is -2.77. The van der Waals surface area contributed by atoms with E-state index >= 15 is 0 Å². The van der Waals surface area contributed by atoms with Crippen LogP contribution in [0.4, 0.5) is 17.6 Å². The Morgan fingerprint density at radius 2 is 1.43 bits per heavy atom. The first kappa shape index (κ1) is 32.3. The third kappa shape index (κ3) is 9.24. The van der Waals surface area contributed by atoms with Gasteiger partial charge in [0.2, 0.25) is 0 Å². The second kappa shape index (κ2) is 14.8. The van der Waals surface area contributed by atoms with Crippen LogP contribution in [0.5, 0.6) is 0 Å². The minimum atomic E-state index is -1.42. The molecular weight excluding hydrogens is 634 g/mol. The number of carbonyl (C=O) groups is 2. The zero-order valence-corrected chi connectivity index (χ0v) is 22.9. The van der Waals surface area contributed by atoms with Crippen molar-refractivity contribution in [3.8, 4) is 0 Å². The van der Waals surface area contributed by atoms with Gasteiger partial charge in [0.15, 0.2) is 0 Å². The Balaban J connectivity index is 0.000000474. The van der Waals surface area contributed by atoms with Gasteiger partial charge in [-0.2, -0.15) is 0 Å². The Morgan fingerprint density at radius 1 is 0.946 bits per heavy atom. The normalized spacial score (nSPS) is 12.6. The van der Waals surface area contributed by atoms with Crippen molar-refractivity contribution in [2.45, 2.75) is 26.8 Å². The maximum Gasteiger partial charge on any atom is 0.343 e. The number of aliphatic hydroxyl groups excluding tert-OH is 2. The predicted molar refractivity (Wildman–Crippen MR) is 135 cm³/mol. The van der Waals surface area contributed by atoms with Gasteiger partial charge in [-0.3, -0.25) is 4.99 Å². The molecule has 0 aliphatic carbocycles. The summed E-state index contributed by atoms with van der Waals surface area (Å²) in [6, 6.07) is 2.49. The molecule has 0 amide bonds. The van der Waals surface area contributed by atoms with E-state index in [4.69, 9.17) is 9.84 Å². The summed E-state index contributed by atoms with van der Waals surface area (Å²) in [7, 11) is 0. The number of carboxylic acid groups (broad SMARTS) is 1. The van der Waals surface area contributed by atoms with Gasteiger partial charge in [0.05, 0.1) is 39.3 Å². The van der Waals surface area contributed by atoms with Crippen molar-refractivity contribution in [3.63, 3.8) is 0 Å². The van der Waals surface area contributed by atoms with E-state index in [0.717, 1.165) is 18.3 Å². The highest BCUT2D eigenvalue weighted by molar-refractivity contribution is 9.10. The topological polar surface area (TPSA) is 116 Å². The Labute approximate surface area is 226 Å². The van der Waals surface area contributed by atoms with Gasteiger partial charge in [-0.1, -0.05) is 13.8 Å². The van der Waals surface area contributed by atoms with Gasteiger partial charge >= 0.3 is 11.9 Å². The number of nitrogens with zero attached hydrogens (tertiary/aromatic N) is 1. The molecule has 0 saturated heterocycles. The summed E-state index contributed by atoms with van der Waals surface area (Å²) >= 11 is 5.64. The summed E-state index contributed by atoms with van der Waals surface area (Å²) in [5.41, 5.74) is -1.32. The second-order valence-corrected chi connectivity index (χ2v) is 9.26. The third-order valence-corrected chi connectivity index (χ3v) is 5.82. The maximum absolute atomic E-state index is 14.0. The number of aliphatic imine (C=N–C) groups is 1. The number of halogens is 6. The lowest BCUT2D eigenvalue weighted by molar-refractivity contribution is -0.137. The number of ether oxygens (including phenoxy) is 1. The van der Waals surface area contributed by atoms with Gasteiger partial charge in [-0.15, -0.1) is 0 Å². The minimum Gasteiger partial charge on any atom is -0.506 e. The lowest BCUT2D eigenvalue weighted by Crippen LogP contribution is -2.19. The molecular formula is C24H23Br2F4NO6. The van der Waals surface area contributed by atoms with E-state index in [9.17, 15) is 37.4 Å². The van der Waals surface area contributed by atoms with Crippen molar-refractivity contribution in [3.05, 3.63) is 73.2 Å². The smallest absolute Gasteiger partial charge is 0.343 e. The van der Waals surface area contributed by atoms with Crippen molar-refractivity contribution >= 4 is 55.8 Å².